The van der Waals surface area contributed by atoms with Gasteiger partial charge in [0, 0.05) is 38.4 Å². The number of H-pyrrole nitrogens is 1. The van der Waals surface area contributed by atoms with Gasteiger partial charge in [0.05, 0.1) is 24.6 Å². The Morgan fingerprint density at radius 2 is 1.53 bits per heavy atom. The molecule has 1 aromatic heterocycles. The van der Waals surface area contributed by atoms with E-state index < -0.39 is 108 Å². The Labute approximate surface area is 338 Å². The third-order valence-electron chi connectivity index (χ3n) is 9.42. The molecule has 6 atom stereocenters. The number of carboxylic acids is 2. The van der Waals surface area contributed by atoms with Gasteiger partial charge in [0.1, 0.15) is 36.0 Å². The van der Waals surface area contributed by atoms with Crippen LogP contribution in [-0.4, -0.2) is 133 Å². The number of carbonyl (C=O) groups excluding carboxylic acids is 7. The van der Waals surface area contributed by atoms with Gasteiger partial charge in [-0.2, -0.15) is 0 Å². The lowest BCUT2D eigenvalue weighted by Crippen LogP contribution is -2.60. The number of nitrogens with one attached hydrogen (secondary N) is 6. The fourth-order valence-electron chi connectivity index (χ4n) is 6.19. The number of hydrogen-bond acceptors (Lipinski definition) is 12. The lowest BCUT2D eigenvalue weighted by atomic mass is 9.99. The number of nitrogens with zero attached hydrogens (tertiary/aromatic N) is 2. The highest BCUT2D eigenvalue weighted by Gasteiger charge is 2.40. The third kappa shape index (κ3) is 15.0. The van der Waals surface area contributed by atoms with Gasteiger partial charge in [-0.25, -0.2) is 9.78 Å². The van der Waals surface area contributed by atoms with E-state index in [0.29, 0.717) is 17.7 Å². The first-order valence-electron chi connectivity index (χ1n) is 18.9. The third-order valence-corrected chi connectivity index (χ3v) is 9.42. The van der Waals surface area contributed by atoms with Crippen molar-refractivity contribution in [3.05, 3.63) is 48.0 Å². The van der Waals surface area contributed by atoms with Crippen LogP contribution in [0, 0.1) is 5.92 Å². The number of nitrogens with two attached hydrogens (primary N) is 2. The van der Waals surface area contributed by atoms with E-state index in [1.807, 2.05) is 0 Å². The van der Waals surface area contributed by atoms with E-state index in [4.69, 9.17) is 16.6 Å². The summed E-state index contributed by atoms with van der Waals surface area (Å²) < 4.78 is 0. The maximum atomic E-state index is 14.0. The number of aromatic nitrogens is 2. The maximum Gasteiger partial charge on any atom is 0.326 e. The fraction of sp³-hybridized carbons (Fsp3) is 0.514. The van der Waals surface area contributed by atoms with Gasteiger partial charge in [0.15, 0.2) is 0 Å². The minimum atomic E-state index is -1.44. The summed E-state index contributed by atoms with van der Waals surface area (Å²) in [5.41, 5.74) is 12.0. The number of aromatic amines is 1. The predicted octanol–water partition coefficient (Wildman–Crippen LogP) is -2.85. The largest absolute Gasteiger partial charge is 0.508 e. The number of carbonyl (C=O) groups is 9. The van der Waals surface area contributed by atoms with E-state index in [2.05, 4.69) is 36.6 Å². The van der Waals surface area contributed by atoms with Gasteiger partial charge in [-0.05, 0) is 49.3 Å². The SMILES string of the molecule is CC(C)[C@H](NC(=O)[C@H](Cc1ccc(O)cc1)NC(=O)[C@H](CCC(N)=O)NC(=O)[C@@H](N)CCC(=O)O)C(=O)N1CCC[C@H]1C(=O)NCC(=O)N[C@@H](Cc1c[nH]cn1)C(=O)O. The van der Waals surface area contributed by atoms with Crippen molar-refractivity contribution in [2.75, 3.05) is 13.1 Å². The molecule has 2 aromatic rings. The first-order chi connectivity index (χ1) is 27.9. The van der Waals surface area contributed by atoms with Gasteiger partial charge in [-0.15, -0.1) is 0 Å². The molecule has 1 saturated heterocycles. The normalized spacial score (nSPS) is 16.1. The molecule has 22 nitrogen and oxygen atoms in total. The van der Waals surface area contributed by atoms with Crippen molar-refractivity contribution < 1.29 is 58.5 Å². The molecular weight excluding hydrogens is 776 g/mol. The summed E-state index contributed by atoms with van der Waals surface area (Å²) in [7, 11) is 0. The highest BCUT2D eigenvalue weighted by molar-refractivity contribution is 5.97. The maximum absolute atomic E-state index is 14.0. The van der Waals surface area contributed by atoms with Crippen LogP contribution >= 0.6 is 0 Å². The molecule has 0 unspecified atom stereocenters. The Kier molecular flexibility index (Phi) is 17.8. The quantitative estimate of drug-likeness (QED) is 0.0537. The number of primary amides is 1. The summed E-state index contributed by atoms with van der Waals surface area (Å²) in [5.74, 6) is -8.67. The lowest BCUT2D eigenvalue weighted by Gasteiger charge is -2.32. The fourth-order valence-corrected chi connectivity index (χ4v) is 6.19. The van der Waals surface area contributed by atoms with Crippen LogP contribution in [-0.2, 0) is 56.0 Å². The average Bonchev–Trinajstić information content (AvgIpc) is 3.89. The van der Waals surface area contributed by atoms with Crippen LogP contribution in [0.3, 0.4) is 0 Å². The van der Waals surface area contributed by atoms with Crippen LogP contribution in [0.4, 0.5) is 0 Å². The molecule has 1 aliphatic heterocycles. The smallest absolute Gasteiger partial charge is 0.326 e. The van der Waals surface area contributed by atoms with E-state index in [1.54, 1.807) is 13.8 Å². The number of aliphatic carboxylic acids is 2. The van der Waals surface area contributed by atoms with E-state index in [1.165, 1.54) is 41.7 Å². The standard InChI is InChI=1S/C37H52N10O12/c1-19(2)31(36(57)47-13-3-4-27(47)35(56)41-17-29(50)43-26(37(58)59)15-21-16-40-18-42-21)46-34(55)25(14-20-5-7-22(48)8-6-20)45-33(54)24(10-11-28(39)49)44-32(53)23(38)9-12-30(51)52/h5-8,16,18-19,23-27,31,48H,3-4,9-15,17,38H2,1-2H3,(H2,39,49)(H,40,42)(H,41,56)(H,43,50)(H,44,53)(H,45,54)(H,46,55)(H,51,52)(H,58,59)/t23-,24-,25-,26-,27-,31-/m0/s1. The molecule has 1 aliphatic rings. The molecule has 322 valence electrons. The Morgan fingerprint density at radius 1 is 0.864 bits per heavy atom. The molecule has 0 aliphatic carbocycles. The van der Waals surface area contributed by atoms with E-state index >= 15 is 0 Å². The molecule has 3 rings (SSSR count). The molecule has 0 bridgehead atoms. The Hall–Kier alpha value is -6.58. The number of amides is 7. The van der Waals surface area contributed by atoms with Gasteiger partial charge in [-0.1, -0.05) is 26.0 Å². The second kappa shape index (κ2) is 22.4. The molecule has 59 heavy (non-hydrogen) atoms. The average molecular weight is 829 g/mol. The van der Waals surface area contributed by atoms with Crippen molar-refractivity contribution in [1.82, 2.24) is 41.5 Å². The summed E-state index contributed by atoms with van der Waals surface area (Å²) in [5, 5.41) is 40.7. The molecule has 0 saturated carbocycles. The molecule has 1 fully saturated rings. The monoisotopic (exact) mass is 828 g/mol. The molecule has 1 aromatic carbocycles. The number of benzene rings is 1. The number of phenols is 1. The number of likely N-dealkylation sites (tertiary alicyclic amines) is 1. The zero-order valence-corrected chi connectivity index (χ0v) is 32.6. The Balaban J connectivity index is 1.76. The zero-order valence-electron chi connectivity index (χ0n) is 32.6. The van der Waals surface area contributed by atoms with Crippen molar-refractivity contribution in [2.45, 2.75) is 101 Å². The van der Waals surface area contributed by atoms with E-state index in [0.717, 1.165) is 0 Å². The van der Waals surface area contributed by atoms with Crippen molar-refractivity contribution >= 4 is 53.3 Å². The number of hydrogen-bond donors (Lipinski definition) is 11. The minimum absolute atomic E-state index is 0.0721. The first-order valence-corrected chi connectivity index (χ1v) is 18.9. The molecule has 0 radical (unpaired) electrons. The highest BCUT2D eigenvalue weighted by Crippen LogP contribution is 2.21. The topological polar surface area (TPSA) is 358 Å². The summed E-state index contributed by atoms with van der Waals surface area (Å²) in [6, 6.07) is -2.05. The van der Waals surface area contributed by atoms with Gasteiger partial charge >= 0.3 is 11.9 Å². The summed E-state index contributed by atoms with van der Waals surface area (Å²) >= 11 is 0. The van der Waals surface area contributed by atoms with Gasteiger partial charge in [-0.3, -0.25) is 38.4 Å². The number of carboxylic acid groups (broad SMARTS) is 2. The van der Waals surface area contributed by atoms with Crippen LogP contribution in [0.25, 0.3) is 0 Å². The van der Waals surface area contributed by atoms with Crippen molar-refractivity contribution in [2.24, 2.45) is 17.4 Å². The van der Waals surface area contributed by atoms with E-state index in [-0.39, 0.29) is 50.8 Å². The molecule has 22 heteroatoms. The second-order valence-corrected chi connectivity index (χ2v) is 14.4. The highest BCUT2D eigenvalue weighted by atomic mass is 16.4. The Morgan fingerprint density at radius 3 is 2.12 bits per heavy atom. The van der Waals surface area contributed by atoms with Crippen LogP contribution in [0.15, 0.2) is 36.8 Å². The van der Waals surface area contributed by atoms with Gasteiger partial charge < -0.3 is 63.3 Å². The number of rotatable bonds is 23. The number of phenolic OH excluding ortho intramolecular Hbond substituents is 1. The summed E-state index contributed by atoms with van der Waals surface area (Å²) in [4.78, 5) is 123. The van der Waals surface area contributed by atoms with E-state index in [9.17, 15) is 53.4 Å². The number of imidazole rings is 1. The van der Waals surface area contributed by atoms with Gasteiger partial charge in [0.2, 0.25) is 41.4 Å². The van der Waals surface area contributed by atoms with Crippen molar-refractivity contribution in [3.63, 3.8) is 0 Å². The van der Waals surface area contributed by atoms with Crippen LogP contribution in [0.1, 0.15) is 63.6 Å². The Bertz CT molecular complexity index is 1820. The molecule has 7 amide bonds. The summed E-state index contributed by atoms with van der Waals surface area (Å²) in [6.45, 7) is 2.85. The second-order valence-electron chi connectivity index (χ2n) is 14.4. The van der Waals surface area contributed by atoms with Crippen LogP contribution in [0.5, 0.6) is 5.75 Å². The zero-order chi connectivity index (χ0) is 43.8. The predicted molar refractivity (Wildman–Crippen MR) is 205 cm³/mol. The molecule has 0 spiro atoms. The molecule has 2 heterocycles. The van der Waals surface area contributed by atoms with Crippen LogP contribution < -0.4 is 38.1 Å². The van der Waals surface area contributed by atoms with Crippen LogP contribution in [0.2, 0.25) is 0 Å². The van der Waals surface area contributed by atoms with Crippen molar-refractivity contribution in [1.29, 1.82) is 0 Å². The first kappa shape index (κ1) is 46.8. The lowest BCUT2D eigenvalue weighted by molar-refractivity contribution is -0.143. The van der Waals surface area contributed by atoms with Crippen molar-refractivity contribution in [3.8, 4) is 5.75 Å². The summed E-state index contributed by atoms with van der Waals surface area (Å²) in [6.07, 6.45) is 1.86. The molecular formula is C37H52N10O12. The number of aromatic hydroxyl groups is 1. The van der Waals surface area contributed by atoms with Gasteiger partial charge in [0.25, 0.3) is 0 Å². The molecule has 13 N–H and O–H groups in total. The minimum Gasteiger partial charge on any atom is -0.508 e.